The van der Waals surface area contributed by atoms with Crippen LogP contribution in [0.4, 0.5) is 0 Å². The van der Waals surface area contributed by atoms with Crippen molar-refractivity contribution in [3.63, 3.8) is 0 Å². The largest absolute Gasteiger partial charge is 0.368 e. The lowest BCUT2D eigenvalue weighted by Gasteiger charge is -2.32. The lowest BCUT2D eigenvalue weighted by molar-refractivity contribution is -0.203. The SMILES string of the molecule is CC(=O)ON1CC(Cl)C1. The Morgan fingerprint density at radius 1 is 1.78 bits per heavy atom. The van der Waals surface area contributed by atoms with E-state index in [2.05, 4.69) is 4.84 Å². The first kappa shape index (κ1) is 6.83. The summed E-state index contributed by atoms with van der Waals surface area (Å²) in [7, 11) is 0. The van der Waals surface area contributed by atoms with E-state index in [0.717, 1.165) is 0 Å². The van der Waals surface area contributed by atoms with Gasteiger partial charge in [0.15, 0.2) is 0 Å². The molecule has 0 bridgehead atoms. The molecule has 1 aliphatic heterocycles. The Morgan fingerprint density at radius 3 is 2.67 bits per heavy atom. The zero-order valence-corrected chi connectivity index (χ0v) is 5.89. The number of hydrogen-bond acceptors (Lipinski definition) is 3. The normalized spacial score (nSPS) is 21.1. The minimum atomic E-state index is -0.279. The van der Waals surface area contributed by atoms with Crippen LogP contribution >= 0.6 is 11.6 Å². The van der Waals surface area contributed by atoms with Crippen molar-refractivity contribution in [3.05, 3.63) is 0 Å². The Labute approximate surface area is 58.5 Å². The van der Waals surface area contributed by atoms with Crippen LogP contribution in [0, 0.1) is 0 Å². The molecule has 1 saturated heterocycles. The Bertz CT molecular complexity index is 122. The zero-order chi connectivity index (χ0) is 6.85. The highest BCUT2D eigenvalue weighted by Crippen LogP contribution is 2.13. The molecule has 1 fully saturated rings. The summed E-state index contributed by atoms with van der Waals surface area (Å²) in [5, 5.41) is 1.70. The molecule has 3 nitrogen and oxygen atoms in total. The van der Waals surface area contributed by atoms with Crippen LogP contribution in [-0.2, 0) is 9.63 Å². The summed E-state index contributed by atoms with van der Waals surface area (Å²) in [5.41, 5.74) is 0. The van der Waals surface area contributed by atoms with Gasteiger partial charge in [0.1, 0.15) is 0 Å². The third-order valence-electron chi connectivity index (χ3n) is 1.06. The highest BCUT2D eigenvalue weighted by molar-refractivity contribution is 6.21. The maximum absolute atomic E-state index is 10.2. The molecule has 9 heavy (non-hydrogen) atoms. The molecule has 0 amide bonds. The molecule has 0 aromatic heterocycles. The van der Waals surface area contributed by atoms with Gasteiger partial charge in [0.05, 0.1) is 18.5 Å². The maximum Gasteiger partial charge on any atom is 0.322 e. The minimum Gasteiger partial charge on any atom is -0.368 e. The quantitative estimate of drug-likeness (QED) is 0.505. The molecule has 0 aromatic carbocycles. The number of carbonyl (C=O) groups is 1. The van der Waals surface area contributed by atoms with Gasteiger partial charge in [0, 0.05) is 6.92 Å². The highest BCUT2D eigenvalue weighted by atomic mass is 35.5. The Balaban J connectivity index is 2.11. The number of carbonyl (C=O) groups excluding carboxylic acids is 1. The van der Waals surface area contributed by atoms with Gasteiger partial charge in [-0.25, -0.2) is 0 Å². The van der Waals surface area contributed by atoms with E-state index in [0.29, 0.717) is 13.1 Å². The van der Waals surface area contributed by atoms with Crippen molar-refractivity contribution in [3.8, 4) is 0 Å². The minimum absolute atomic E-state index is 0.157. The standard InChI is InChI=1S/C5H8ClNO2/c1-4(8)9-7-2-5(6)3-7/h5H,2-3H2,1H3. The predicted molar refractivity (Wildman–Crippen MR) is 33.0 cm³/mol. The first-order valence-corrected chi connectivity index (χ1v) is 3.19. The molecule has 1 aliphatic rings. The molecule has 0 atom stereocenters. The van der Waals surface area contributed by atoms with E-state index in [1.807, 2.05) is 0 Å². The zero-order valence-electron chi connectivity index (χ0n) is 5.13. The molecule has 1 rings (SSSR count). The van der Waals surface area contributed by atoms with E-state index in [1.54, 1.807) is 5.06 Å². The monoisotopic (exact) mass is 149 g/mol. The predicted octanol–water partition coefficient (Wildman–Crippen LogP) is 0.387. The van der Waals surface area contributed by atoms with Crippen LogP contribution in [0.15, 0.2) is 0 Å². The number of halogens is 1. The lowest BCUT2D eigenvalue weighted by atomic mass is 10.3. The second-order valence-corrected chi connectivity index (χ2v) is 2.64. The second kappa shape index (κ2) is 2.54. The molecule has 0 spiro atoms. The van der Waals surface area contributed by atoms with Gasteiger partial charge in [-0.3, -0.25) is 4.79 Å². The third kappa shape index (κ3) is 1.84. The van der Waals surface area contributed by atoms with E-state index < -0.39 is 0 Å². The molecule has 52 valence electrons. The molecule has 0 radical (unpaired) electrons. The summed E-state index contributed by atoms with van der Waals surface area (Å²) in [6.07, 6.45) is 0. The topological polar surface area (TPSA) is 29.5 Å². The van der Waals surface area contributed by atoms with E-state index in [1.165, 1.54) is 6.92 Å². The Morgan fingerprint density at radius 2 is 2.33 bits per heavy atom. The van der Waals surface area contributed by atoms with E-state index in [-0.39, 0.29) is 11.3 Å². The van der Waals surface area contributed by atoms with Gasteiger partial charge in [0.2, 0.25) is 0 Å². The number of alkyl halides is 1. The molecule has 0 aromatic rings. The van der Waals surface area contributed by atoms with Crippen molar-refractivity contribution in [2.45, 2.75) is 12.3 Å². The van der Waals surface area contributed by atoms with Gasteiger partial charge >= 0.3 is 5.97 Å². The first-order valence-electron chi connectivity index (χ1n) is 2.76. The molecule has 4 heteroatoms. The fraction of sp³-hybridized carbons (Fsp3) is 0.800. The van der Waals surface area contributed by atoms with Crippen LogP contribution in [0.3, 0.4) is 0 Å². The van der Waals surface area contributed by atoms with Crippen molar-refractivity contribution in [1.29, 1.82) is 0 Å². The average Bonchev–Trinajstić information content (AvgIpc) is 1.60. The van der Waals surface area contributed by atoms with Gasteiger partial charge in [-0.1, -0.05) is 0 Å². The molecule has 0 unspecified atom stereocenters. The van der Waals surface area contributed by atoms with Crippen LogP contribution in [0.1, 0.15) is 6.92 Å². The fourth-order valence-corrected chi connectivity index (χ4v) is 0.953. The molecule has 0 saturated carbocycles. The highest BCUT2D eigenvalue weighted by Gasteiger charge is 2.26. The van der Waals surface area contributed by atoms with Crippen molar-refractivity contribution >= 4 is 17.6 Å². The first-order chi connectivity index (χ1) is 4.18. The van der Waals surface area contributed by atoms with Crippen LogP contribution in [-0.4, -0.2) is 29.5 Å². The van der Waals surface area contributed by atoms with Gasteiger partial charge in [-0.15, -0.1) is 16.7 Å². The second-order valence-electron chi connectivity index (χ2n) is 2.03. The molecular formula is C5H8ClNO2. The molecule has 0 N–H and O–H groups in total. The Hall–Kier alpha value is -0.280. The van der Waals surface area contributed by atoms with Crippen LogP contribution in [0.5, 0.6) is 0 Å². The van der Waals surface area contributed by atoms with Gasteiger partial charge in [-0.2, -0.15) is 0 Å². The number of hydroxylamine groups is 2. The van der Waals surface area contributed by atoms with Gasteiger partial charge in [0.25, 0.3) is 0 Å². The summed E-state index contributed by atoms with van der Waals surface area (Å²) < 4.78 is 0. The number of rotatable bonds is 1. The van der Waals surface area contributed by atoms with E-state index in [4.69, 9.17) is 11.6 Å². The average molecular weight is 150 g/mol. The van der Waals surface area contributed by atoms with Crippen LogP contribution in [0.2, 0.25) is 0 Å². The number of hydrogen-bond donors (Lipinski definition) is 0. The maximum atomic E-state index is 10.2. The van der Waals surface area contributed by atoms with E-state index >= 15 is 0 Å². The molecule has 0 aliphatic carbocycles. The summed E-state index contributed by atoms with van der Waals surface area (Å²) in [6, 6.07) is 0. The molecular weight excluding hydrogens is 142 g/mol. The van der Waals surface area contributed by atoms with Gasteiger partial charge < -0.3 is 4.84 Å². The van der Waals surface area contributed by atoms with E-state index in [9.17, 15) is 4.79 Å². The number of nitrogens with zero attached hydrogens (tertiary/aromatic N) is 1. The van der Waals surface area contributed by atoms with Crippen molar-refractivity contribution in [2.24, 2.45) is 0 Å². The van der Waals surface area contributed by atoms with Gasteiger partial charge in [-0.05, 0) is 0 Å². The van der Waals surface area contributed by atoms with Crippen LogP contribution in [0.25, 0.3) is 0 Å². The Kier molecular flexibility index (Phi) is 1.93. The third-order valence-corrected chi connectivity index (χ3v) is 1.34. The summed E-state index contributed by atoms with van der Waals surface area (Å²) in [4.78, 5) is 14.9. The fourth-order valence-electron chi connectivity index (χ4n) is 0.645. The molecule has 1 heterocycles. The summed E-state index contributed by atoms with van der Waals surface area (Å²) >= 11 is 5.59. The van der Waals surface area contributed by atoms with Crippen molar-refractivity contribution in [2.75, 3.05) is 13.1 Å². The smallest absolute Gasteiger partial charge is 0.322 e. The lowest BCUT2D eigenvalue weighted by Crippen LogP contribution is -2.48. The van der Waals surface area contributed by atoms with Crippen molar-refractivity contribution in [1.82, 2.24) is 5.06 Å². The summed E-state index contributed by atoms with van der Waals surface area (Å²) in [5.74, 6) is -0.279. The summed E-state index contributed by atoms with van der Waals surface area (Å²) in [6.45, 7) is 2.68. The van der Waals surface area contributed by atoms with Crippen molar-refractivity contribution < 1.29 is 9.63 Å². The van der Waals surface area contributed by atoms with Crippen LogP contribution < -0.4 is 0 Å².